The summed E-state index contributed by atoms with van der Waals surface area (Å²) in [5, 5.41) is 10.7. The van der Waals surface area contributed by atoms with E-state index >= 15 is 0 Å². The van der Waals surface area contributed by atoms with Crippen LogP contribution in [0.1, 0.15) is 5.56 Å². The second-order valence-corrected chi connectivity index (χ2v) is 4.68. The molecular weight excluding hydrogens is 276 g/mol. The van der Waals surface area contributed by atoms with E-state index in [4.69, 9.17) is 0 Å². The van der Waals surface area contributed by atoms with Gasteiger partial charge in [0.2, 0.25) is 5.91 Å². The van der Waals surface area contributed by atoms with Crippen LogP contribution in [0.2, 0.25) is 0 Å². The summed E-state index contributed by atoms with van der Waals surface area (Å²) in [5.74, 6) is 5.77. The molecule has 22 heavy (non-hydrogen) atoms. The van der Waals surface area contributed by atoms with E-state index in [-0.39, 0.29) is 12.5 Å². The van der Waals surface area contributed by atoms with Crippen molar-refractivity contribution in [1.29, 1.82) is 0 Å². The van der Waals surface area contributed by atoms with Crippen molar-refractivity contribution in [2.24, 2.45) is 0 Å². The molecule has 0 saturated heterocycles. The molecule has 0 fully saturated rings. The maximum absolute atomic E-state index is 11.9. The predicted octanol–water partition coefficient (Wildman–Crippen LogP) is 1.60. The van der Waals surface area contributed by atoms with E-state index in [0.717, 1.165) is 16.6 Å². The van der Waals surface area contributed by atoms with Gasteiger partial charge < -0.3 is 5.32 Å². The first-order valence-corrected chi connectivity index (χ1v) is 6.92. The molecule has 0 bridgehead atoms. The minimum absolute atomic E-state index is 0.132. The van der Waals surface area contributed by atoms with Gasteiger partial charge in [0.1, 0.15) is 12.1 Å². The van der Waals surface area contributed by atoms with Crippen LogP contribution in [-0.4, -0.2) is 27.4 Å². The first kappa shape index (κ1) is 13.8. The third kappa shape index (κ3) is 3.30. The molecule has 0 atom stereocenters. The summed E-state index contributed by atoms with van der Waals surface area (Å²) < 4.78 is 1.58. The summed E-state index contributed by atoms with van der Waals surface area (Å²) in [5.41, 5.74) is 2.55. The number of carbonyl (C=O) groups is 1. The summed E-state index contributed by atoms with van der Waals surface area (Å²) in [6, 6.07) is 17.2. The van der Waals surface area contributed by atoms with Crippen molar-refractivity contribution in [3.63, 3.8) is 0 Å². The molecule has 0 aliphatic carbocycles. The molecule has 5 heteroatoms. The number of amides is 1. The van der Waals surface area contributed by atoms with Gasteiger partial charge in [0, 0.05) is 5.56 Å². The largest absolute Gasteiger partial charge is 0.344 e. The lowest BCUT2D eigenvalue weighted by Crippen LogP contribution is -2.28. The Morgan fingerprint density at radius 2 is 1.86 bits per heavy atom. The van der Waals surface area contributed by atoms with E-state index < -0.39 is 0 Å². The molecule has 1 amide bonds. The highest BCUT2D eigenvalue weighted by atomic mass is 16.2. The van der Waals surface area contributed by atoms with Crippen molar-refractivity contribution in [2.45, 2.75) is 6.54 Å². The molecule has 2 aromatic carbocycles. The zero-order valence-electron chi connectivity index (χ0n) is 11.9. The van der Waals surface area contributed by atoms with Crippen LogP contribution in [0.25, 0.3) is 11.0 Å². The molecule has 108 valence electrons. The highest BCUT2D eigenvalue weighted by Gasteiger charge is 2.07. The lowest BCUT2D eigenvalue weighted by molar-refractivity contribution is -0.121. The zero-order chi connectivity index (χ0) is 15.2. The molecular formula is C17H14N4O. The Bertz CT molecular complexity index is 843. The number of carbonyl (C=O) groups excluding carboxylic acids is 1. The number of para-hydroxylation sites is 1. The fourth-order valence-electron chi connectivity index (χ4n) is 2.04. The maximum Gasteiger partial charge on any atom is 0.242 e. The van der Waals surface area contributed by atoms with Crippen molar-refractivity contribution >= 4 is 16.9 Å². The Labute approximate surface area is 128 Å². The number of fused-ring (bicyclic) bond motifs is 1. The van der Waals surface area contributed by atoms with Crippen LogP contribution < -0.4 is 5.32 Å². The number of nitrogens with zero attached hydrogens (tertiary/aromatic N) is 3. The fraction of sp³-hybridized carbons (Fsp3) is 0.118. The standard InChI is InChI=1S/C17H14N4O/c22-17(18-12-6-9-14-7-2-1-3-8-14)13-21-16-11-5-4-10-15(16)19-20-21/h1-5,7-8,10-11H,12-13H2,(H,18,22). The molecule has 1 aromatic heterocycles. The van der Waals surface area contributed by atoms with Crippen LogP contribution in [0.5, 0.6) is 0 Å². The fourth-order valence-corrected chi connectivity index (χ4v) is 2.04. The number of aromatic nitrogens is 3. The first-order chi connectivity index (χ1) is 10.8. The van der Waals surface area contributed by atoms with E-state index in [2.05, 4.69) is 27.5 Å². The Balaban J connectivity index is 1.56. The van der Waals surface area contributed by atoms with Gasteiger partial charge in [-0.25, -0.2) is 4.68 Å². The number of rotatable bonds is 3. The highest BCUT2D eigenvalue weighted by molar-refractivity contribution is 5.79. The van der Waals surface area contributed by atoms with E-state index in [0.29, 0.717) is 6.54 Å². The van der Waals surface area contributed by atoms with Gasteiger partial charge in [0.15, 0.2) is 0 Å². The molecule has 0 spiro atoms. The number of benzene rings is 2. The Hall–Kier alpha value is -3.13. The number of hydrogen-bond donors (Lipinski definition) is 1. The van der Waals surface area contributed by atoms with E-state index in [9.17, 15) is 4.79 Å². The Morgan fingerprint density at radius 3 is 2.73 bits per heavy atom. The van der Waals surface area contributed by atoms with Gasteiger partial charge in [-0.2, -0.15) is 0 Å². The number of nitrogens with one attached hydrogen (secondary N) is 1. The van der Waals surface area contributed by atoms with Crippen molar-refractivity contribution in [2.75, 3.05) is 6.54 Å². The van der Waals surface area contributed by atoms with Gasteiger partial charge in [0.05, 0.1) is 12.1 Å². The molecule has 3 rings (SSSR count). The summed E-state index contributed by atoms with van der Waals surface area (Å²) in [6.07, 6.45) is 0. The maximum atomic E-state index is 11.9. The molecule has 5 nitrogen and oxygen atoms in total. The monoisotopic (exact) mass is 290 g/mol. The Kier molecular flexibility index (Phi) is 4.12. The average Bonchev–Trinajstić information content (AvgIpc) is 2.96. The smallest absolute Gasteiger partial charge is 0.242 e. The lowest BCUT2D eigenvalue weighted by Gasteiger charge is -2.02. The SMILES string of the molecule is O=C(Cn1nnc2ccccc21)NCC#Cc1ccccc1. The van der Waals surface area contributed by atoms with Gasteiger partial charge in [-0.3, -0.25) is 4.79 Å². The van der Waals surface area contributed by atoms with Gasteiger partial charge in [-0.05, 0) is 24.3 Å². The van der Waals surface area contributed by atoms with Gasteiger partial charge in [0.25, 0.3) is 0 Å². The second-order valence-electron chi connectivity index (χ2n) is 4.68. The quantitative estimate of drug-likeness (QED) is 0.745. The summed E-state index contributed by atoms with van der Waals surface area (Å²) in [7, 11) is 0. The summed E-state index contributed by atoms with van der Waals surface area (Å²) >= 11 is 0. The van der Waals surface area contributed by atoms with Crippen LogP contribution in [0.4, 0.5) is 0 Å². The molecule has 0 saturated carbocycles. The molecule has 0 aliphatic heterocycles. The third-order valence-corrected chi connectivity index (χ3v) is 3.09. The van der Waals surface area contributed by atoms with Crippen LogP contribution in [0.3, 0.4) is 0 Å². The predicted molar refractivity (Wildman–Crippen MR) is 83.9 cm³/mol. The average molecular weight is 290 g/mol. The van der Waals surface area contributed by atoms with Crippen LogP contribution in [-0.2, 0) is 11.3 Å². The van der Waals surface area contributed by atoms with E-state index in [1.807, 2.05) is 54.6 Å². The zero-order valence-corrected chi connectivity index (χ0v) is 11.9. The van der Waals surface area contributed by atoms with Gasteiger partial charge in [-0.15, -0.1) is 5.10 Å². The van der Waals surface area contributed by atoms with Gasteiger partial charge >= 0.3 is 0 Å². The molecule has 1 N–H and O–H groups in total. The highest BCUT2D eigenvalue weighted by Crippen LogP contribution is 2.08. The van der Waals surface area contributed by atoms with E-state index in [1.165, 1.54) is 0 Å². The molecule has 3 aromatic rings. The van der Waals surface area contributed by atoms with Crippen molar-refractivity contribution in [3.8, 4) is 11.8 Å². The van der Waals surface area contributed by atoms with Crippen molar-refractivity contribution in [1.82, 2.24) is 20.3 Å². The minimum Gasteiger partial charge on any atom is -0.344 e. The topological polar surface area (TPSA) is 59.8 Å². The van der Waals surface area contributed by atoms with Crippen LogP contribution in [0, 0.1) is 11.8 Å². The summed E-state index contributed by atoms with van der Waals surface area (Å²) in [4.78, 5) is 11.9. The molecule has 0 radical (unpaired) electrons. The van der Waals surface area contributed by atoms with Crippen molar-refractivity contribution < 1.29 is 4.79 Å². The molecule has 1 heterocycles. The first-order valence-electron chi connectivity index (χ1n) is 6.92. The Morgan fingerprint density at radius 1 is 1.09 bits per heavy atom. The van der Waals surface area contributed by atoms with Gasteiger partial charge in [-0.1, -0.05) is 47.4 Å². The number of hydrogen-bond acceptors (Lipinski definition) is 3. The molecule has 0 unspecified atom stereocenters. The lowest BCUT2D eigenvalue weighted by atomic mass is 10.2. The second kappa shape index (κ2) is 6.55. The normalized spacial score (nSPS) is 10.0. The van der Waals surface area contributed by atoms with Crippen LogP contribution in [0.15, 0.2) is 54.6 Å². The van der Waals surface area contributed by atoms with E-state index in [1.54, 1.807) is 4.68 Å². The van der Waals surface area contributed by atoms with Crippen molar-refractivity contribution in [3.05, 3.63) is 60.2 Å². The summed E-state index contributed by atoms with van der Waals surface area (Å²) in [6.45, 7) is 0.438. The minimum atomic E-state index is -0.141. The van der Waals surface area contributed by atoms with Crippen LogP contribution >= 0.6 is 0 Å². The third-order valence-electron chi connectivity index (χ3n) is 3.09. The molecule has 0 aliphatic rings.